The van der Waals surface area contributed by atoms with E-state index in [1.807, 2.05) is 0 Å². The van der Waals surface area contributed by atoms with E-state index in [0.29, 0.717) is 0 Å². The van der Waals surface area contributed by atoms with Gasteiger partial charge in [0, 0.05) is 12.3 Å². The van der Waals surface area contributed by atoms with Crippen LogP contribution in [0, 0.1) is 10.1 Å². The van der Waals surface area contributed by atoms with Crippen molar-refractivity contribution < 1.29 is 22.9 Å². The second kappa shape index (κ2) is 6.46. The highest BCUT2D eigenvalue weighted by molar-refractivity contribution is 8.00. The third kappa shape index (κ3) is 4.61. The maximum Gasteiger partial charge on any atom is 0.441 e. The molecule has 1 aromatic rings. The van der Waals surface area contributed by atoms with Crippen LogP contribution in [-0.4, -0.2) is 28.6 Å². The molecule has 0 unspecified atom stereocenters. The Kier molecular flexibility index (Phi) is 5.19. The molecule has 0 aromatic heterocycles. The van der Waals surface area contributed by atoms with Crippen molar-refractivity contribution >= 4 is 29.0 Å². The summed E-state index contributed by atoms with van der Waals surface area (Å²) in [6.45, 7) is -0.269. The molecule has 0 aliphatic heterocycles. The van der Waals surface area contributed by atoms with Crippen LogP contribution < -0.4 is 11.1 Å². The number of carbonyl (C=O) groups excluding carboxylic acids is 1. The number of anilines is 1. The lowest BCUT2D eigenvalue weighted by molar-refractivity contribution is -0.384. The van der Waals surface area contributed by atoms with Gasteiger partial charge in [0.05, 0.1) is 4.92 Å². The number of amides is 1. The summed E-state index contributed by atoms with van der Waals surface area (Å²) in [4.78, 5) is 21.7. The number of nitro benzene ring substituents is 1. The zero-order valence-corrected chi connectivity index (χ0v) is 10.8. The lowest BCUT2D eigenvalue weighted by Crippen LogP contribution is -2.27. The molecule has 0 atom stereocenters. The molecule has 3 N–H and O–H groups in total. The summed E-state index contributed by atoms with van der Waals surface area (Å²) >= 11 is -0.289. The predicted octanol–water partition coefficient (Wildman–Crippen LogP) is 2.16. The van der Waals surface area contributed by atoms with Crippen molar-refractivity contribution in [3.63, 3.8) is 0 Å². The molecule has 10 heteroatoms. The first-order valence-electron chi connectivity index (χ1n) is 5.24. The summed E-state index contributed by atoms with van der Waals surface area (Å²) in [6, 6.07) is 3.79. The van der Waals surface area contributed by atoms with E-state index < -0.39 is 22.0 Å². The van der Waals surface area contributed by atoms with Gasteiger partial charge in [-0.3, -0.25) is 14.9 Å². The van der Waals surface area contributed by atoms with Gasteiger partial charge in [-0.05, 0) is 23.9 Å². The number of hydrogen-bond donors (Lipinski definition) is 2. The molecular weight excluding hydrogens is 299 g/mol. The minimum absolute atomic E-state index is 0.188. The third-order valence-corrected chi connectivity index (χ3v) is 2.88. The molecule has 0 aliphatic carbocycles. The van der Waals surface area contributed by atoms with Crippen molar-refractivity contribution in [2.24, 2.45) is 0 Å². The second-order valence-electron chi connectivity index (χ2n) is 3.55. The van der Waals surface area contributed by atoms with E-state index in [1.165, 1.54) is 18.2 Å². The number of nitrogen functional groups attached to an aromatic ring is 1. The van der Waals surface area contributed by atoms with Gasteiger partial charge in [-0.25, -0.2) is 0 Å². The minimum Gasteiger partial charge on any atom is -0.393 e. The Morgan fingerprint density at radius 1 is 1.45 bits per heavy atom. The summed E-state index contributed by atoms with van der Waals surface area (Å²) in [5.74, 6) is -1.22. The molecule has 0 fully saturated rings. The van der Waals surface area contributed by atoms with Gasteiger partial charge in [-0.1, -0.05) is 6.07 Å². The Balaban J connectivity index is 2.69. The monoisotopic (exact) mass is 309 g/mol. The highest BCUT2D eigenvalue weighted by Crippen LogP contribution is 2.29. The zero-order chi connectivity index (χ0) is 15.3. The first-order valence-corrected chi connectivity index (χ1v) is 6.22. The number of alkyl halides is 3. The fourth-order valence-electron chi connectivity index (χ4n) is 1.37. The molecule has 20 heavy (non-hydrogen) atoms. The highest BCUT2D eigenvalue weighted by Gasteiger charge is 2.28. The molecule has 6 nitrogen and oxygen atoms in total. The lowest BCUT2D eigenvalue weighted by atomic mass is 10.1. The van der Waals surface area contributed by atoms with E-state index in [0.717, 1.165) is 0 Å². The van der Waals surface area contributed by atoms with E-state index >= 15 is 0 Å². The van der Waals surface area contributed by atoms with Crippen molar-refractivity contribution in [1.82, 2.24) is 5.32 Å². The van der Waals surface area contributed by atoms with Gasteiger partial charge in [-0.15, -0.1) is 0 Å². The molecule has 1 amide bonds. The van der Waals surface area contributed by atoms with E-state index in [1.54, 1.807) is 0 Å². The third-order valence-electron chi connectivity index (χ3n) is 2.15. The van der Waals surface area contributed by atoms with Crippen LogP contribution in [0.25, 0.3) is 0 Å². The van der Waals surface area contributed by atoms with Gasteiger partial charge in [0.15, 0.2) is 0 Å². The Bertz CT molecular complexity index is 522. The van der Waals surface area contributed by atoms with Gasteiger partial charge in [-0.2, -0.15) is 13.2 Å². The molecule has 0 radical (unpaired) electrons. The molecule has 0 spiro atoms. The van der Waals surface area contributed by atoms with Crippen LogP contribution in [0.5, 0.6) is 0 Å². The molecule has 0 bridgehead atoms. The number of para-hydroxylation sites is 1. The van der Waals surface area contributed by atoms with Crippen LogP contribution in [0.2, 0.25) is 0 Å². The summed E-state index contributed by atoms with van der Waals surface area (Å²) < 4.78 is 35.6. The normalized spacial score (nSPS) is 11.2. The Hall–Kier alpha value is -1.97. The number of nitrogens with one attached hydrogen (secondary N) is 1. The standard InChI is InChI=1S/C10H10F3N3O3S/c11-10(12,13)20-5-4-15-9(17)6-2-1-3-7(14)8(6)16(18)19/h1-3H,4-5,14H2,(H,15,17). The largest absolute Gasteiger partial charge is 0.441 e. The quantitative estimate of drug-likeness (QED) is 0.376. The number of nitrogens with zero attached hydrogens (tertiary/aromatic N) is 1. The molecule has 0 aliphatic rings. The minimum atomic E-state index is -4.38. The van der Waals surface area contributed by atoms with Crippen molar-refractivity contribution in [1.29, 1.82) is 0 Å². The number of nitro groups is 1. The van der Waals surface area contributed by atoms with Gasteiger partial charge < -0.3 is 11.1 Å². The lowest BCUT2D eigenvalue weighted by Gasteiger charge is -2.08. The van der Waals surface area contributed by atoms with Gasteiger partial charge in [0.25, 0.3) is 5.91 Å². The van der Waals surface area contributed by atoms with Crippen molar-refractivity contribution in [3.05, 3.63) is 33.9 Å². The van der Waals surface area contributed by atoms with E-state index in [2.05, 4.69) is 5.32 Å². The molecule has 110 valence electrons. The molecule has 0 saturated carbocycles. The zero-order valence-electron chi connectivity index (χ0n) is 9.94. The van der Waals surface area contributed by atoms with Crippen molar-refractivity contribution in [3.8, 4) is 0 Å². The molecule has 1 rings (SSSR count). The van der Waals surface area contributed by atoms with Crippen molar-refractivity contribution in [2.75, 3.05) is 18.0 Å². The van der Waals surface area contributed by atoms with Crippen LogP contribution in [0.3, 0.4) is 0 Å². The Labute approximate surface area is 115 Å². The van der Waals surface area contributed by atoms with Gasteiger partial charge in [0.1, 0.15) is 11.3 Å². The van der Waals surface area contributed by atoms with Crippen LogP contribution in [0.1, 0.15) is 10.4 Å². The maximum absolute atomic E-state index is 11.9. The summed E-state index contributed by atoms with van der Waals surface area (Å²) in [7, 11) is 0. The number of benzene rings is 1. The first-order chi connectivity index (χ1) is 9.22. The number of halogens is 3. The summed E-state index contributed by atoms with van der Waals surface area (Å²) in [6.07, 6.45) is 0. The van der Waals surface area contributed by atoms with E-state index in [-0.39, 0.29) is 35.3 Å². The number of nitrogens with two attached hydrogens (primary N) is 1. The van der Waals surface area contributed by atoms with E-state index in [9.17, 15) is 28.1 Å². The average Bonchev–Trinajstić information content (AvgIpc) is 2.32. The topological polar surface area (TPSA) is 98.3 Å². The van der Waals surface area contributed by atoms with Crippen LogP contribution in [0.4, 0.5) is 24.5 Å². The Morgan fingerprint density at radius 3 is 2.65 bits per heavy atom. The first kappa shape index (κ1) is 16.1. The molecule has 1 aromatic carbocycles. The second-order valence-corrected chi connectivity index (χ2v) is 4.71. The fraction of sp³-hybridized carbons (Fsp3) is 0.300. The summed E-state index contributed by atoms with van der Waals surface area (Å²) in [5.41, 5.74) is -0.0180. The highest BCUT2D eigenvalue weighted by atomic mass is 32.2. The number of hydrogen-bond acceptors (Lipinski definition) is 5. The van der Waals surface area contributed by atoms with Crippen LogP contribution in [0.15, 0.2) is 18.2 Å². The fourth-order valence-corrected chi connectivity index (χ4v) is 1.81. The Morgan fingerprint density at radius 2 is 2.10 bits per heavy atom. The number of thioether (sulfide) groups is 1. The SMILES string of the molecule is Nc1cccc(C(=O)NCCSC(F)(F)F)c1[N+](=O)[O-]. The van der Waals surface area contributed by atoms with Crippen molar-refractivity contribution in [2.45, 2.75) is 5.51 Å². The predicted molar refractivity (Wildman–Crippen MR) is 68.4 cm³/mol. The number of carbonyl (C=O) groups is 1. The molecule has 0 heterocycles. The molecule has 0 saturated heterocycles. The maximum atomic E-state index is 11.9. The summed E-state index contributed by atoms with van der Waals surface area (Å²) in [5, 5.41) is 13.0. The number of rotatable bonds is 5. The average molecular weight is 309 g/mol. The van der Waals surface area contributed by atoms with Crippen LogP contribution >= 0.6 is 11.8 Å². The smallest absolute Gasteiger partial charge is 0.393 e. The van der Waals surface area contributed by atoms with Gasteiger partial charge in [0.2, 0.25) is 0 Å². The van der Waals surface area contributed by atoms with Crippen LogP contribution in [-0.2, 0) is 0 Å². The van der Waals surface area contributed by atoms with E-state index in [4.69, 9.17) is 5.73 Å². The van der Waals surface area contributed by atoms with Gasteiger partial charge >= 0.3 is 11.2 Å². The molecular formula is C10H10F3N3O3S.